The molecular formula is C7H15N4O2P. The van der Waals surface area contributed by atoms with E-state index in [2.05, 4.69) is 15.1 Å². The van der Waals surface area contributed by atoms with E-state index in [9.17, 15) is 9.46 Å². The minimum atomic E-state index is -3.31. The van der Waals surface area contributed by atoms with Crippen LogP contribution in [0, 0.1) is 0 Å². The smallest absolute Gasteiger partial charge is 0.274 e. The molecule has 5 N–H and O–H groups in total. The Balaban J connectivity index is 2.38. The van der Waals surface area contributed by atoms with Gasteiger partial charge in [-0.2, -0.15) is 0 Å². The van der Waals surface area contributed by atoms with Gasteiger partial charge in [-0.15, -0.1) is 0 Å². The number of aromatic nitrogens is 2. The van der Waals surface area contributed by atoms with Crippen LogP contribution in [0.5, 0.6) is 0 Å². The first-order valence-electron chi connectivity index (χ1n) is 4.39. The molecule has 1 atom stereocenters. The Labute approximate surface area is 82.4 Å². The van der Waals surface area contributed by atoms with Crippen LogP contribution >= 0.6 is 7.52 Å². The van der Waals surface area contributed by atoms with Crippen LogP contribution < -0.4 is 10.8 Å². The van der Waals surface area contributed by atoms with E-state index in [0.29, 0.717) is 25.3 Å². The summed E-state index contributed by atoms with van der Waals surface area (Å²) >= 11 is 0. The Morgan fingerprint density at radius 1 is 1.71 bits per heavy atom. The summed E-state index contributed by atoms with van der Waals surface area (Å²) in [6.07, 6.45) is 3.87. The second-order valence-corrected chi connectivity index (χ2v) is 4.98. The summed E-state index contributed by atoms with van der Waals surface area (Å²) in [4.78, 5) is 16.1. The minimum absolute atomic E-state index is 0.0184. The van der Waals surface area contributed by atoms with Gasteiger partial charge in [0.1, 0.15) is 5.82 Å². The van der Waals surface area contributed by atoms with Gasteiger partial charge in [0.25, 0.3) is 7.52 Å². The summed E-state index contributed by atoms with van der Waals surface area (Å²) < 4.78 is 11.5. The van der Waals surface area contributed by atoms with E-state index in [-0.39, 0.29) is 6.16 Å². The largest absolute Gasteiger partial charge is 0.348 e. The Morgan fingerprint density at radius 3 is 3.07 bits per heavy atom. The topological polar surface area (TPSA) is 104 Å². The Hall–Kier alpha value is -0.680. The quantitative estimate of drug-likeness (QED) is 0.398. The van der Waals surface area contributed by atoms with E-state index in [1.54, 1.807) is 12.4 Å². The standard InChI is InChI=1S/C7H15N4O2P/c8-2-1-3-11-14(12,13)6-7-9-4-5-10-7/h4-5H,1-3,6,8H2,(H,9,10)(H2,11,12,13). The SMILES string of the molecule is NCCCNP(=O)(O)Cc1ncc[nH]1. The molecular weight excluding hydrogens is 203 g/mol. The molecule has 0 amide bonds. The molecule has 0 bridgehead atoms. The van der Waals surface area contributed by atoms with Crippen LogP contribution in [0.1, 0.15) is 12.2 Å². The highest BCUT2D eigenvalue weighted by Crippen LogP contribution is 2.38. The molecule has 1 unspecified atom stereocenters. The van der Waals surface area contributed by atoms with E-state index in [0.717, 1.165) is 0 Å². The van der Waals surface area contributed by atoms with Crippen molar-refractivity contribution in [2.75, 3.05) is 13.1 Å². The molecule has 1 heterocycles. The van der Waals surface area contributed by atoms with E-state index in [1.165, 1.54) is 0 Å². The highest BCUT2D eigenvalue weighted by Gasteiger charge is 2.18. The fourth-order valence-electron chi connectivity index (χ4n) is 0.999. The summed E-state index contributed by atoms with van der Waals surface area (Å²) in [5, 5.41) is 2.57. The minimum Gasteiger partial charge on any atom is -0.348 e. The number of rotatable bonds is 6. The summed E-state index contributed by atoms with van der Waals surface area (Å²) in [6.45, 7) is 0.957. The third kappa shape index (κ3) is 4.02. The van der Waals surface area contributed by atoms with E-state index >= 15 is 0 Å². The van der Waals surface area contributed by atoms with Crippen LogP contribution in [0.15, 0.2) is 12.4 Å². The van der Waals surface area contributed by atoms with Crippen molar-refractivity contribution in [1.29, 1.82) is 0 Å². The predicted octanol–water partition coefficient (Wildman–Crippen LogP) is 0.0335. The van der Waals surface area contributed by atoms with Crippen molar-refractivity contribution in [2.45, 2.75) is 12.6 Å². The fourth-order valence-corrected chi connectivity index (χ4v) is 2.20. The molecule has 0 fully saturated rings. The lowest BCUT2D eigenvalue weighted by atomic mass is 10.4. The zero-order chi connectivity index (χ0) is 10.4. The Bertz CT molecular complexity index is 301. The molecule has 14 heavy (non-hydrogen) atoms. The molecule has 0 saturated carbocycles. The van der Waals surface area contributed by atoms with E-state index < -0.39 is 7.52 Å². The number of hydrogen-bond acceptors (Lipinski definition) is 3. The van der Waals surface area contributed by atoms with Gasteiger partial charge in [0, 0.05) is 18.9 Å². The zero-order valence-electron chi connectivity index (χ0n) is 7.81. The van der Waals surface area contributed by atoms with Gasteiger partial charge in [0.2, 0.25) is 0 Å². The van der Waals surface area contributed by atoms with Crippen LogP contribution in [-0.2, 0) is 10.7 Å². The summed E-state index contributed by atoms with van der Waals surface area (Å²) in [7, 11) is -3.31. The molecule has 0 radical (unpaired) electrons. The molecule has 6 nitrogen and oxygen atoms in total. The van der Waals surface area contributed by atoms with Gasteiger partial charge in [0.05, 0.1) is 6.16 Å². The highest BCUT2D eigenvalue weighted by molar-refractivity contribution is 7.55. The average Bonchev–Trinajstić information content (AvgIpc) is 2.56. The molecule has 1 aromatic heterocycles. The molecule has 80 valence electrons. The van der Waals surface area contributed by atoms with Gasteiger partial charge in [-0.25, -0.2) is 10.1 Å². The summed E-state index contributed by atoms with van der Waals surface area (Å²) in [6, 6.07) is 0. The first-order chi connectivity index (χ1) is 6.64. The molecule has 0 saturated heterocycles. The first-order valence-corrected chi connectivity index (χ1v) is 6.24. The molecule has 7 heteroatoms. The lowest BCUT2D eigenvalue weighted by molar-refractivity contribution is 0.459. The van der Waals surface area contributed by atoms with Gasteiger partial charge < -0.3 is 15.6 Å². The lowest BCUT2D eigenvalue weighted by Gasteiger charge is -2.10. The van der Waals surface area contributed by atoms with Crippen LogP contribution in [0.2, 0.25) is 0 Å². The monoisotopic (exact) mass is 218 g/mol. The molecule has 0 aliphatic carbocycles. The second kappa shape index (κ2) is 5.26. The van der Waals surface area contributed by atoms with Crippen molar-refractivity contribution in [1.82, 2.24) is 15.1 Å². The maximum Gasteiger partial charge on any atom is 0.274 e. The van der Waals surface area contributed by atoms with E-state index in [4.69, 9.17) is 5.73 Å². The number of nitrogens with two attached hydrogens (primary N) is 1. The second-order valence-electron chi connectivity index (χ2n) is 2.95. The van der Waals surface area contributed by atoms with Crippen LogP contribution in [0.4, 0.5) is 0 Å². The zero-order valence-corrected chi connectivity index (χ0v) is 8.70. The molecule has 0 aliphatic heterocycles. The van der Waals surface area contributed by atoms with Crippen molar-refractivity contribution in [3.63, 3.8) is 0 Å². The van der Waals surface area contributed by atoms with E-state index in [1.807, 2.05) is 0 Å². The predicted molar refractivity (Wildman–Crippen MR) is 53.8 cm³/mol. The Kier molecular flexibility index (Phi) is 4.28. The molecule has 1 rings (SSSR count). The number of hydrogen-bond donors (Lipinski definition) is 4. The van der Waals surface area contributed by atoms with Crippen LogP contribution in [-0.4, -0.2) is 28.0 Å². The number of H-pyrrole nitrogens is 1. The van der Waals surface area contributed by atoms with Crippen LogP contribution in [0.25, 0.3) is 0 Å². The molecule has 0 spiro atoms. The van der Waals surface area contributed by atoms with Crippen molar-refractivity contribution < 1.29 is 9.46 Å². The third-order valence-corrected chi connectivity index (χ3v) is 3.10. The number of aromatic amines is 1. The number of nitrogens with one attached hydrogen (secondary N) is 2. The molecule has 0 aliphatic rings. The fraction of sp³-hybridized carbons (Fsp3) is 0.571. The first kappa shape index (κ1) is 11.4. The maximum atomic E-state index is 11.5. The van der Waals surface area contributed by atoms with Crippen molar-refractivity contribution in [3.8, 4) is 0 Å². The summed E-state index contributed by atoms with van der Waals surface area (Å²) in [5.74, 6) is 0.510. The van der Waals surface area contributed by atoms with Gasteiger partial charge in [-0.05, 0) is 13.0 Å². The number of nitrogens with zero attached hydrogens (tertiary/aromatic N) is 1. The van der Waals surface area contributed by atoms with Crippen molar-refractivity contribution >= 4 is 7.52 Å². The summed E-state index contributed by atoms with van der Waals surface area (Å²) in [5.41, 5.74) is 5.26. The maximum absolute atomic E-state index is 11.5. The van der Waals surface area contributed by atoms with Gasteiger partial charge in [-0.1, -0.05) is 0 Å². The van der Waals surface area contributed by atoms with Crippen LogP contribution in [0.3, 0.4) is 0 Å². The number of imidazole rings is 1. The molecule has 1 aromatic rings. The third-order valence-electron chi connectivity index (χ3n) is 1.66. The Morgan fingerprint density at radius 2 is 2.50 bits per heavy atom. The normalized spacial score (nSPS) is 15.3. The van der Waals surface area contributed by atoms with Crippen molar-refractivity contribution in [2.24, 2.45) is 5.73 Å². The molecule has 0 aromatic carbocycles. The highest BCUT2D eigenvalue weighted by atomic mass is 31.2. The van der Waals surface area contributed by atoms with Gasteiger partial charge >= 0.3 is 0 Å². The van der Waals surface area contributed by atoms with Crippen molar-refractivity contribution in [3.05, 3.63) is 18.2 Å². The average molecular weight is 218 g/mol. The van der Waals surface area contributed by atoms with Gasteiger partial charge in [0.15, 0.2) is 0 Å². The lowest BCUT2D eigenvalue weighted by Crippen LogP contribution is -2.16. The van der Waals surface area contributed by atoms with Gasteiger partial charge in [-0.3, -0.25) is 4.57 Å².